The number of benzene rings is 1. The van der Waals surface area contributed by atoms with Gasteiger partial charge in [0.1, 0.15) is 18.3 Å². The van der Waals surface area contributed by atoms with E-state index in [4.69, 9.17) is 18.9 Å². The fourth-order valence-corrected chi connectivity index (χ4v) is 3.92. The van der Waals surface area contributed by atoms with Gasteiger partial charge >= 0.3 is 0 Å². The Labute approximate surface area is 156 Å². The molecule has 6 heteroatoms. The van der Waals surface area contributed by atoms with Crippen molar-refractivity contribution in [1.82, 2.24) is 4.90 Å². The first-order valence-electron chi connectivity index (χ1n) is 9.62. The van der Waals surface area contributed by atoms with E-state index in [2.05, 4.69) is 18.7 Å². The Morgan fingerprint density at radius 1 is 1.12 bits per heavy atom. The van der Waals surface area contributed by atoms with Gasteiger partial charge in [0.25, 0.3) is 0 Å². The van der Waals surface area contributed by atoms with E-state index in [1.54, 1.807) is 7.11 Å². The molecule has 2 saturated heterocycles. The number of nitrogens with zero attached hydrogens (tertiary/aromatic N) is 1. The van der Waals surface area contributed by atoms with Gasteiger partial charge < -0.3 is 24.1 Å². The van der Waals surface area contributed by atoms with E-state index in [0.29, 0.717) is 6.61 Å². The number of fused-ring (bicyclic) bond motifs is 1. The minimum atomic E-state index is -0.702. The third-order valence-electron chi connectivity index (χ3n) is 5.08. The highest BCUT2D eigenvalue weighted by Gasteiger charge is 2.51. The molecule has 0 aromatic heterocycles. The summed E-state index contributed by atoms with van der Waals surface area (Å²) in [4.78, 5) is 2.26. The summed E-state index contributed by atoms with van der Waals surface area (Å²) in [6, 6.07) is 9.55. The third kappa shape index (κ3) is 4.11. The topological polar surface area (TPSA) is 60.4 Å². The number of aliphatic hydroxyl groups is 1. The highest BCUT2D eigenvalue weighted by atomic mass is 16.7. The molecule has 1 aromatic rings. The van der Waals surface area contributed by atoms with E-state index in [-0.39, 0.29) is 12.1 Å². The Morgan fingerprint density at radius 3 is 2.42 bits per heavy atom. The third-order valence-corrected chi connectivity index (χ3v) is 5.08. The van der Waals surface area contributed by atoms with Crippen LogP contribution in [0.4, 0.5) is 0 Å². The Morgan fingerprint density at radius 2 is 1.81 bits per heavy atom. The Hall–Kier alpha value is -1.02. The number of rotatable bonds is 7. The minimum absolute atomic E-state index is 0.254. The smallest absolute Gasteiger partial charge is 0.184 e. The van der Waals surface area contributed by atoms with Gasteiger partial charge in [-0.25, -0.2) is 0 Å². The van der Waals surface area contributed by atoms with Gasteiger partial charge in [0, 0.05) is 12.7 Å². The van der Waals surface area contributed by atoms with Gasteiger partial charge in [-0.15, -0.1) is 0 Å². The summed E-state index contributed by atoms with van der Waals surface area (Å²) in [5.74, 6) is 0. The van der Waals surface area contributed by atoms with Crippen LogP contribution in [0.3, 0.4) is 0 Å². The fourth-order valence-electron chi connectivity index (χ4n) is 3.92. The van der Waals surface area contributed by atoms with Crippen LogP contribution in [-0.2, 0) is 18.9 Å². The fraction of sp³-hybridized carbons (Fsp3) is 0.700. The molecule has 6 atom stereocenters. The van der Waals surface area contributed by atoms with Crippen molar-refractivity contribution in [2.24, 2.45) is 0 Å². The molecule has 0 saturated carbocycles. The van der Waals surface area contributed by atoms with Crippen molar-refractivity contribution in [3.63, 3.8) is 0 Å². The molecule has 0 bridgehead atoms. The highest BCUT2D eigenvalue weighted by molar-refractivity contribution is 5.16. The van der Waals surface area contributed by atoms with Crippen molar-refractivity contribution in [3.8, 4) is 0 Å². The number of hydrogen-bond donors (Lipinski definition) is 1. The van der Waals surface area contributed by atoms with Crippen molar-refractivity contribution >= 4 is 0 Å². The average Bonchev–Trinajstić information content (AvgIpc) is 2.68. The van der Waals surface area contributed by atoms with Gasteiger partial charge in [0.2, 0.25) is 0 Å². The maximum Gasteiger partial charge on any atom is 0.184 e. The van der Waals surface area contributed by atoms with Crippen LogP contribution in [0.5, 0.6) is 0 Å². The molecule has 1 N–H and O–H groups in total. The molecule has 26 heavy (non-hydrogen) atoms. The van der Waals surface area contributed by atoms with Crippen LogP contribution in [0.2, 0.25) is 0 Å². The maximum absolute atomic E-state index is 11.2. The van der Waals surface area contributed by atoms with Gasteiger partial charge in [-0.2, -0.15) is 0 Å². The van der Waals surface area contributed by atoms with Crippen LogP contribution in [0.1, 0.15) is 38.5 Å². The molecule has 3 rings (SSSR count). The number of methoxy groups -OCH3 is 1. The van der Waals surface area contributed by atoms with Crippen molar-refractivity contribution in [2.75, 3.05) is 26.8 Å². The monoisotopic (exact) mass is 365 g/mol. The summed E-state index contributed by atoms with van der Waals surface area (Å²) in [5.41, 5.74) is 0.947. The minimum Gasteiger partial charge on any atom is -0.388 e. The molecule has 6 nitrogen and oxygen atoms in total. The van der Waals surface area contributed by atoms with E-state index in [1.165, 1.54) is 0 Å². The van der Waals surface area contributed by atoms with E-state index in [1.807, 2.05) is 30.3 Å². The number of hydrogen-bond acceptors (Lipinski definition) is 6. The summed E-state index contributed by atoms with van der Waals surface area (Å²) >= 11 is 0. The average molecular weight is 365 g/mol. The van der Waals surface area contributed by atoms with E-state index < -0.39 is 24.8 Å². The summed E-state index contributed by atoms with van der Waals surface area (Å²) in [5, 5.41) is 11.2. The van der Waals surface area contributed by atoms with E-state index >= 15 is 0 Å². The Bertz CT molecular complexity index is 536. The van der Waals surface area contributed by atoms with Crippen LogP contribution in [0.15, 0.2) is 30.3 Å². The first-order chi connectivity index (χ1) is 12.7. The van der Waals surface area contributed by atoms with Gasteiger partial charge in [0.15, 0.2) is 12.6 Å². The zero-order valence-electron chi connectivity index (χ0n) is 15.9. The molecule has 1 unspecified atom stereocenters. The van der Waals surface area contributed by atoms with Crippen LogP contribution in [0.25, 0.3) is 0 Å². The van der Waals surface area contributed by atoms with Gasteiger partial charge in [-0.3, -0.25) is 4.90 Å². The Kier molecular flexibility index (Phi) is 7.03. The predicted octanol–water partition coefficient (Wildman–Crippen LogP) is 2.32. The molecule has 0 spiro atoms. The zero-order chi connectivity index (χ0) is 18.5. The van der Waals surface area contributed by atoms with E-state index in [9.17, 15) is 5.11 Å². The van der Waals surface area contributed by atoms with Crippen LogP contribution >= 0.6 is 0 Å². The molecule has 2 aliphatic rings. The molecule has 0 amide bonds. The molecule has 0 radical (unpaired) electrons. The zero-order valence-corrected chi connectivity index (χ0v) is 15.9. The second kappa shape index (κ2) is 9.26. The van der Waals surface area contributed by atoms with Crippen molar-refractivity contribution in [2.45, 2.75) is 63.6 Å². The first kappa shape index (κ1) is 19.7. The summed E-state index contributed by atoms with van der Waals surface area (Å²) < 4.78 is 23.7. The molecule has 146 valence electrons. The molecule has 1 aromatic carbocycles. The van der Waals surface area contributed by atoms with Crippen LogP contribution in [-0.4, -0.2) is 67.5 Å². The van der Waals surface area contributed by atoms with Crippen LogP contribution < -0.4 is 0 Å². The normalized spacial score (nSPS) is 34.7. The van der Waals surface area contributed by atoms with E-state index in [0.717, 1.165) is 31.5 Å². The summed E-state index contributed by atoms with van der Waals surface area (Å²) in [7, 11) is 1.62. The SMILES string of the molecule is CCCN(CCC)[C@H]1[C@H](OC)O[C@@H]2COC(c3ccccc3)O[C@H]2[C@@H]1O. The standard InChI is InChI=1S/C20H31NO5/c1-4-11-21(12-5-2)16-17(22)18-15(25-20(16)23-3)13-24-19(26-18)14-9-7-6-8-10-14/h6-10,15-20,22H,4-5,11-13H2,1-3H3/t15-,16-,17-,18-,19?,20-/m1/s1. The molecular weight excluding hydrogens is 334 g/mol. The molecule has 2 fully saturated rings. The first-order valence-corrected chi connectivity index (χ1v) is 9.62. The summed E-state index contributed by atoms with van der Waals surface area (Å²) in [6.07, 6.45) is -0.454. The lowest BCUT2D eigenvalue weighted by molar-refractivity contribution is -0.350. The van der Waals surface area contributed by atoms with Gasteiger partial charge in [0.05, 0.1) is 12.6 Å². The molecular formula is C20H31NO5. The second-order valence-electron chi connectivity index (χ2n) is 6.97. The quantitative estimate of drug-likeness (QED) is 0.800. The van der Waals surface area contributed by atoms with Crippen LogP contribution in [0, 0.1) is 0 Å². The number of ether oxygens (including phenoxy) is 4. The molecule has 0 aliphatic carbocycles. The lowest BCUT2D eigenvalue weighted by Crippen LogP contribution is -2.66. The maximum atomic E-state index is 11.2. The largest absolute Gasteiger partial charge is 0.388 e. The number of aliphatic hydroxyl groups excluding tert-OH is 1. The Balaban J connectivity index is 1.78. The van der Waals surface area contributed by atoms with Gasteiger partial charge in [-0.1, -0.05) is 44.2 Å². The van der Waals surface area contributed by atoms with Crippen molar-refractivity contribution < 1.29 is 24.1 Å². The lowest BCUT2D eigenvalue weighted by atomic mass is 9.94. The molecule has 2 heterocycles. The summed E-state index contributed by atoms with van der Waals surface area (Å²) in [6.45, 7) is 6.42. The van der Waals surface area contributed by atoms with Gasteiger partial charge in [-0.05, 0) is 25.9 Å². The lowest BCUT2D eigenvalue weighted by Gasteiger charge is -2.50. The van der Waals surface area contributed by atoms with Crippen molar-refractivity contribution in [3.05, 3.63) is 35.9 Å². The molecule has 2 aliphatic heterocycles. The van der Waals surface area contributed by atoms with Crippen molar-refractivity contribution in [1.29, 1.82) is 0 Å². The second-order valence-corrected chi connectivity index (χ2v) is 6.97. The highest BCUT2D eigenvalue weighted by Crippen LogP contribution is 2.35. The predicted molar refractivity (Wildman–Crippen MR) is 97.6 cm³/mol.